The van der Waals surface area contributed by atoms with E-state index in [1.165, 1.54) is 4.31 Å². The maximum atomic E-state index is 12.9. The summed E-state index contributed by atoms with van der Waals surface area (Å²) in [5, 5.41) is 10.7. The monoisotopic (exact) mass is 319 g/mol. The Kier molecular flexibility index (Phi) is 3.66. The van der Waals surface area contributed by atoms with Gasteiger partial charge < -0.3 is 5.11 Å². The third kappa shape index (κ3) is 2.38. The van der Waals surface area contributed by atoms with Crippen molar-refractivity contribution in [3.05, 3.63) is 42.5 Å². The molecule has 0 bridgehead atoms. The van der Waals surface area contributed by atoms with Crippen LogP contribution in [0.25, 0.3) is 10.8 Å². The normalized spacial score (nSPS) is 23.0. The van der Waals surface area contributed by atoms with Gasteiger partial charge in [-0.3, -0.25) is 4.79 Å². The zero-order chi connectivity index (χ0) is 15.9. The molecular formula is C16H17NO4S. The lowest BCUT2D eigenvalue weighted by Crippen LogP contribution is -2.30. The predicted molar refractivity (Wildman–Crippen MR) is 83.0 cm³/mol. The van der Waals surface area contributed by atoms with E-state index in [9.17, 15) is 18.3 Å². The van der Waals surface area contributed by atoms with Crippen LogP contribution in [0.15, 0.2) is 47.4 Å². The maximum absolute atomic E-state index is 12.9. The van der Waals surface area contributed by atoms with Gasteiger partial charge in [0.25, 0.3) is 0 Å². The van der Waals surface area contributed by atoms with Crippen LogP contribution in [0.4, 0.5) is 0 Å². The van der Waals surface area contributed by atoms with Crippen LogP contribution in [0, 0.1) is 11.8 Å². The molecule has 6 heteroatoms. The standard InChI is InChI=1S/C16H17NO4S/c1-11-9-17(10-14(11)16(18)19)22(20,21)15-8-4-6-12-5-2-3-7-13(12)15/h2-8,11,14H,9-10H2,1H3,(H,18,19)/t11-,14-/m1/s1. The number of sulfonamides is 1. The molecule has 0 amide bonds. The van der Waals surface area contributed by atoms with Gasteiger partial charge in [0.15, 0.2) is 0 Å². The third-order valence-electron chi connectivity index (χ3n) is 4.26. The van der Waals surface area contributed by atoms with Gasteiger partial charge in [0.1, 0.15) is 0 Å². The van der Waals surface area contributed by atoms with Gasteiger partial charge in [0, 0.05) is 18.5 Å². The highest BCUT2D eigenvalue weighted by molar-refractivity contribution is 7.89. The Balaban J connectivity index is 2.05. The van der Waals surface area contributed by atoms with Gasteiger partial charge in [0.2, 0.25) is 10.0 Å². The molecule has 0 spiro atoms. The second-order valence-corrected chi connectivity index (χ2v) is 7.63. The van der Waals surface area contributed by atoms with Crippen molar-refractivity contribution < 1.29 is 18.3 Å². The van der Waals surface area contributed by atoms with Gasteiger partial charge in [-0.2, -0.15) is 4.31 Å². The molecule has 5 nitrogen and oxygen atoms in total. The molecular weight excluding hydrogens is 302 g/mol. The van der Waals surface area contributed by atoms with E-state index in [1.807, 2.05) is 18.2 Å². The Morgan fingerprint density at radius 1 is 1.14 bits per heavy atom. The smallest absolute Gasteiger partial charge is 0.308 e. The molecule has 1 aliphatic rings. The lowest BCUT2D eigenvalue weighted by atomic mass is 9.99. The summed E-state index contributed by atoms with van der Waals surface area (Å²) in [5.74, 6) is -1.78. The van der Waals surface area contributed by atoms with E-state index < -0.39 is 21.9 Å². The molecule has 1 fully saturated rings. The second-order valence-electron chi connectivity index (χ2n) is 5.72. The van der Waals surface area contributed by atoms with Gasteiger partial charge >= 0.3 is 5.97 Å². The van der Waals surface area contributed by atoms with Crippen molar-refractivity contribution in [2.75, 3.05) is 13.1 Å². The second kappa shape index (κ2) is 5.37. The highest BCUT2D eigenvalue weighted by Crippen LogP contribution is 2.31. The summed E-state index contributed by atoms with van der Waals surface area (Å²) in [7, 11) is -3.69. The van der Waals surface area contributed by atoms with Crippen LogP contribution in [0.5, 0.6) is 0 Å². The van der Waals surface area contributed by atoms with Crippen LogP contribution in [0.3, 0.4) is 0 Å². The average Bonchev–Trinajstić information content (AvgIpc) is 2.89. The number of carboxylic acids is 1. The number of hydrogen-bond donors (Lipinski definition) is 1. The molecule has 1 N–H and O–H groups in total. The van der Waals surface area contributed by atoms with Crippen molar-refractivity contribution in [3.63, 3.8) is 0 Å². The Morgan fingerprint density at radius 2 is 1.82 bits per heavy atom. The topological polar surface area (TPSA) is 74.7 Å². The number of benzene rings is 2. The molecule has 22 heavy (non-hydrogen) atoms. The lowest BCUT2D eigenvalue weighted by molar-refractivity contribution is -0.142. The molecule has 0 radical (unpaired) electrons. The molecule has 2 atom stereocenters. The van der Waals surface area contributed by atoms with Crippen LogP contribution in [0.1, 0.15) is 6.92 Å². The summed E-state index contributed by atoms with van der Waals surface area (Å²) in [6.45, 7) is 2.04. The molecule has 0 aromatic heterocycles. The number of carboxylic acid groups (broad SMARTS) is 1. The van der Waals surface area contributed by atoms with Crippen molar-refractivity contribution in [3.8, 4) is 0 Å². The molecule has 3 rings (SSSR count). The number of rotatable bonds is 3. The number of carbonyl (C=O) groups is 1. The fraction of sp³-hybridized carbons (Fsp3) is 0.312. The van der Waals surface area contributed by atoms with Crippen molar-refractivity contribution in [2.24, 2.45) is 11.8 Å². The van der Waals surface area contributed by atoms with E-state index in [-0.39, 0.29) is 23.9 Å². The highest BCUT2D eigenvalue weighted by Gasteiger charge is 2.41. The number of fused-ring (bicyclic) bond motifs is 1. The Labute approximate surface area is 129 Å². The Morgan fingerprint density at radius 3 is 2.50 bits per heavy atom. The van der Waals surface area contributed by atoms with Crippen LogP contribution >= 0.6 is 0 Å². The van der Waals surface area contributed by atoms with E-state index >= 15 is 0 Å². The van der Waals surface area contributed by atoms with Gasteiger partial charge in [0.05, 0.1) is 10.8 Å². The van der Waals surface area contributed by atoms with Crippen molar-refractivity contribution in [2.45, 2.75) is 11.8 Å². The zero-order valence-electron chi connectivity index (χ0n) is 12.1. The maximum Gasteiger partial charge on any atom is 0.308 e. The van der Waals surface area contributed by atoms with Crippen LogP contribution in [0.2, 0.25) is 0 Å². The summed E-state index contributed by atoms with van der Waals surface area (Å²) in [6, 6.07) is 12.4. The Bertz CT molecular complexity index is 826. The minimum atomic E-state index is -3.69. The van der Waals surface area contributed by atoms with Crippen molar-refractivity contribution in [1.29, 1.82) is 0 Å². The summed E-state index contributed by atoms with van der Waals surface area (Å²) in [4.78, 5) is 11.5. The first kappa shape index (κ1) is 15.0. The number of nitrogens with zero attached hydrogens (tertiary/aromatic N) is 1. The molecule has 0 aliphatic carbocycles. The van der Waals surface area contributed by atoms with E-state index in [0.29, 0.717) is 5.39 Å². The quantitative estimate of drug-likeness (QED) is 0.941. The summed E-state index contributed by atoms with van der Waals surface area (Å²) in [5.41, 5.74) is 0. The number of aliphatic carboxylic acids is 1. The molecule has 2 aromatic carbocycles. The van der Waals surface area contributed by atoms with Crippen LogP contribution in [-0.4, -0.2) is 36.9 Å². The molecule has 0 saturated carbocycles. The molecule has 1 heterocycles. The van der Waals surface area contributed by atoms with E-state index in [2.05, 4.69) is 0 Å². The van der Waals surface area contributed by atoms with E-state index in [4.69, 9.17) is 0 Å². The molecule has 2 aromatic rings. The van der Waals surface area contributed by atoms with Gasteiger partial charge in [-0.15, -0.1) is 0 Å². The van der Waals surface area contributed by atoms with Gasteiger partial charge in [-0.25, -0.2) is 8.42 Å². The average molecular weight is 319 g/mol. The first-order valence-electron chi connectivity index (χ1n) is 7.12. The number of hydrogen-bond acceptors (Lipinski definition) is 3. The highest BCUT2D eigenvalue weighted by atomic mass is 32.2. The lowest BCUT2D eigenvalue weighted by Gasteiger charge is -2.17. The third-order valence-corrected chi connectivity index (χ3v) is 6.15. The summed E-state index contributed by atoms with van der Waals surface area (Å²) in [6.07, 6.45) is 0. The van der Waals surface area contributed by atoms with Gasteiger partial charge in [-0.1, -0.05) is 43.3 Å². The SMILES string of the molecule is C[C@@H]1CN(S(=O)(=O)c2cccc3ccccc23)C[C@H]1C(=O)O. The fourth-order valence-corrected chi connectivity index (χ4v) is 4.78. The summed E-state index contributed by atoms with van der Waals surface area (Å²) >= 11 is 0. The summed E-state index contributed by atoms with van der Waals surface area (Å²) < 4.78 is 27.1. The largest absolute Gasteiger partial charge is 0.481 e. The Hall–Kier alpha value is -1.92. The molecule has 116 valence electrons. The molecule has 1 saturated heterocycles. The minimum Gasteiger partial charge on any atom is -0.481 e. The minimum absolute atomic E-state index is 0.0298. The van der Waals surface area contributed by atoms with E-state index in [0.717, 1.165) is 5.39 Å². The van der Waals surface area contributed by atoms with Crippen molar-refractivity contribution in [1.82, 2.24) is 4.31 Å². The first-order valence-corrected chi connectivity index (χ1v) is 8.56. The molecule has 1 aliphatic heterocycles. The predicted octanol–water partition coefficient (Wildman–Crippen LogP) is 2.18. The fourth-order valence-electron chi connectivity index (χ4n) is 3.00. The van der Waals surface area contributed by atoms with E-state index in [1.54, 1.807) is 31.2 Å². The van der Waals surface area contributed by atoms with Crippen LogP contribution < -0.4 is 0 Å². The first-order chi connectivity index (χ1) is 10.4. The van der Waals surface area contributed by atoms with Gasteiger partial charge in [-0.05, 0) is 17.4 Å². The van der Waals surface area contributed by atoms with Crippen LogP contribution in [-0.2, 0) is 14.8 Å². The van der Waals surface area contributed by atoms with Crippen molar-refractivity contribution >= 4 is 26.8 Å². The zero-order valence-corrected chi connectivity index (χ0v) is 13.0. The molecule has 0 unspecified atom stereocenters.